The Morgan fingerprint density at radius 3 is 2.29 bits per heavy atom. The molecule has 0 aliphatic carbocycles. The number of hydrogen-bond donors (Lipinski definition) is 2. The summed E-state index contributed by atoms with van der Waals surface area (Å²) < 4.78 is 42.5. The van der Waals surface area contributed by atoms with E-state index in [1.165, 1.54) is 0 Å². The SMILES string of the molecule is O=C(COc1ccc(C(F)(F)F)cc1)NC1(C(=O)O)CCSCC1. The van der Waals surface area contributed by atoms with Crippen LogP contribution < -0.4 is 10.1 Å². The molecule has 1 aromatic carbocycles. The molecule has 0 aromatic heterocycles. The minimum atomic E-state index is -4.44. The molecular formula is C15H16F3NO4S. The lowest BCUT2D eigenvalue weighted by atomic mass is 9.92. The standard InChI is InChI=1S/C15H16F3NO4S/c16-15(17,18)10-1-3-11(4-2-10)23-9-12(20)19-14(13(21)22)5-7-24-8-6-14/h1-4H,5-9H2,(H,19,20)(H,21,22). The maximum Gasteiger partial charge on any atom is 0.416 e. The Balaban J connectivity index is 1.91. The summed E-state index contributed by atoms with van der Waals surface area (Å²) in [6.07, 6.45) is -3.80. The van der Waals surface area contributed by atoms with E-state index in [2.05, 4.69) is 5.32 Å². The Labute approximate surface area is 140 Å². The fourth-order valence-electron chi connectivity index (χ4n) is 2.30. The number of rotatable bonds is 5. The van der Waals surface area contributed by atoms with Gasteiger partial charge in [0.05, 0.1) is 5.56 Å². The molecule has 1 aliphatic heterocycles. The monoisotopic (exact) mass is 363 g/mol. The number of amides is 1. The minimum absolute atomic E-state index is 0.0988. The largest absolute Gasteiger partial charge is 0.484 e. The molecule has 2 N–H and O–H groups in total. The van der Waals surface area contributed by atoms with Crippen molar-refractivity contribution in [3.05, 3.63) is 29.8 Å². The van der Waals surface area contributed by atoms with Crippen LogP contribution in [-0.2, 0) is 15.8 Å². The van der Waals surface area contributed by atoms with E-state index >= 15 is 0 Å². The summed E-state index contributed by atoms with van der Waals surface area (Å²) in [5, 5.41) is 11.8. The average Bonchev–Trinajstić information content (AvgIpc) is 2.53. The van der Waals surface area contributed by atoms with E-state index in [1.54, 1.807) is 11.8 Å². The van der Waals surface area contributed by atoms with E-state index in [4.69, 9.17) is 4.74 Å². The molecule has 0 unspecified atom stereocenters. The Hall–Kier alpha value is -1.90. The van der Waals surface area contributed by atoms with Gasteiger partial charge in [-0.05, 0) is 48.6 Å². The molecule has 0 bridgehead atoms. The number of nitrogens with one attached hydrogen (secondary N) is 1. The highest BCUT2D eigenvalue weighted by atomic mass is 32.2. The highest BCUT2D eigenvalue weighted by Gasteiger charge is 2.41. The lowest BCUT2D eigenvalue weighted by molar-refractivity contribution is -0.148. The van der Waals surface area contributed by atoms with Crippen molar-refractivity contribution in [2.75, 3.05) is 18.1 Å². The van der Waals surface area contributed by atoms with Crippen LogP contribution in [0.5, 0.6) is 5.75 Å². The molecule has 0 radical (unpaired) electrons. The number of thioether (sulfide) groups is 1. The van der Waals surface area contributed by atoms with Crippen molar-refractivity contribution in [1.82, 2.24) is 5.32 Å². The molecular weight excluding hydrogens is 347 g/mol. The maximum absolute atomic E-state index is 12.4. The normalized spacial score (nSPS) is 17.1. The van der Waals surface area contributed by atoms with Gasteiger partial charge in [-0.3, -0.25) is 4.79 Å². The fourth-order valence-corrected chi connectivity index (χ4v) is 3.49. The Morgan fingerprint density at radius 1 is 1.21 bits per heavy atom. The number of carboxylic acid groups (broad SMARTS) is 1. The highest BCUT2D eigenvalue weighted by Crippen LogP contribution is 2.30. The van der Waals surface area contributed by atoms with E-state index < -0.39 is 35.8 Å². The molecule has 1 aliphatic rings. The van der Waals surface area contributed by atoms with Gasteiger partial charge in [0, 0.05) is 0 Å². The zero-order valence-corrected chi connectivity index (χ0v) is 13.4. The third kappa shape index (κ3) is 4.56. The lowest BCUT2D eigenvalue weighted by Gasteiger charge is -2.33. The Morgan fingerprint density at radius 2 is 1.79 bits per heavy atom. The first-order valence-corrected chi connectivity index (χ1v) is 8.31. The van der Waals surface area contributed by atoms with Crippen LogP contribution in [0.1, 0.15) is 18.4 Å². The van der Waals surface area contributed by atoms with Gasteiger partial charge >= 0.3 is 12.1 Å². The third-order valence-corrected chi connectivity index (χ3v) is 4.67. The fraction of sp³-hybridized carbons (Fsp3) is 0.467. The summed E-state index contributed by atoms with van der Waals surface area (Å²) in [6.45, 7) is -0.465. The van der Waals surface area contributed by atoms with Gasteiger partial charge in [-0.2, -0.15) is 24.9 Å². The first-order valence-electron chi connectivity index (χ1n) is 7.15. The number of ether oxygens (including phenoxy) is 1. The predicted octanol–water partition coefficient (Wildman–Crippen LogP) is 2.55. The van der Waals surface area contributed by atoms with Gasteiger partial charge in [-0.15, -0.1) is 0 Å². The second-order valence-corrected chi connectivity index (χ2v) is 6.58. The van der Waals surface area contributed by atoms with Gasteiger partial charge in [0.15, 0.2) is 6.61 Å². The zero-order valence-electron chi connectivity index (χ0n) is 12.6. The summed E-state index contributed by atoms with van der Waals surface area (Å²) in [6, 6.07) is 3.93. The van der Waals surface area contributed by atoms with Crippen molar-refractivity contribution in [2.45, 2.75) is 24.6 Å². The highest BCUT2D eigenvalue weighted by molar-refractivity contribution is 7.99. The van der Waals surface area contributed by atoms with E-state index in [-0.39, 0.29) is 5.75 Å². The molecule has 5 nitrogen and oxygen atoms in total. The van der Waals surface area contributed by atoms with Gasteiger partial charge in [0.25, 0.3) is 5.91 Å². The topological polar surface area (TPSA) is 75.6 Å². The summed E-state index contributed by atoms with van der Waals surface area (Å²) in [7, 11) is 0. The van der Waals surface area contributed by atoms with Gasteiger partial charge in [0.1, 0.15) is 11.3 Å². The van der Waals surface area contributed by atoms with Crippen LogP contribution in [0.15, 0.2) is 24.3 Å². The van der Waals surface area contributed by atoms with Gasteiger partial charge in [-0.1, -0.05) is 0 Å². The van der Waals surface area contributed by atoms with Crippen LogP contribution in [0.2, 0.25) is 0 Å². The molecule has 1 fully saturated rings. The first-order chi connectivity index (χ1) is 11.2. The Kier molecular flexibility index (Phi) is 5.63. The molecule has 0 saturated carbocycles. The number of carboxylic acids is 1. The maximum atomic E-state index is 12.4. The Bertz CT molecular complexity index is 598. The number of hydrogen-bond acceptors (Lipinski definition) is 4. The van der Waals surface area contributed by atoms with Crippen molar-refractivity contribution in [3.63, 3.8) is 0 Å². The number of halogens is 3. The van der Waals surface area contributed by atoms with Crippen molar-refractivity contribution < 1.29 is 32.6 Å². The molecule has 1 heterocycles. The second kappa shape index (κ2) is 7.33. The number of carbonyl (C=O) groups is 2. The number of benzene rings is 1. The predicted molar refractivity (Wildman–Crippen MR) is 82.0 cm³/mol. The lowest BCUT2D eigenvalue weighted by Crippen LogP contribution is -2.57. The van der Waals surface area contributed by atoms with Crippen LogP contribution >= 0.6 is 11.8 Å². The average molecular weight is 363 g/mol. The second-order valence-electron chi connectivity index (χ2n) is 5.36. The van der Waals surface area contributed by atoms with Crippen molar-refractivity contribution in [2.24, 2.45) is 0 Å². The molecule has 2 rings (SSSR count). The molecule has 0 spiro atoms. The van der Waals surface area contributed by atoms with Crippen molar-refractivity contribution in [3.8, 4) is 5.75 Å². The molecule has 1 aromatic rings. The molecule has 0 atom stereocenters. The summed E-state index contributed by atoms with van der Waals surface area (Å²) in [5.74, 6) is -0.352. The van der Waals surface area contributed by atoms with Crippen LogP contribution in [0, 0.1) is 0 Å². The smallest absolute Gasteiger partial charge is 0.416 e. The number of aliphatic carboxylic acids is 1. The van der Waals surface area contributed by atoms with Crippen LogP contribution in [0.4, 0.5) is 13.2 Å². The zero-order chi connectivity index (χ0) is 17.8. The summed E-state index contributed by atoms with van der Waals surface area (Å²) in [4.78, 5) is 23.4. The quantitative estimate of drug-likeness (QED) is 0.841. The van der Waals surface area contributed by atoms with Crippen LogP contribution in [0.25, 0.3) is 0 Å². The van der Waals surface area contributed by atoms with E-state index in [0.717, 1.165) is 24.3 Å². The molecule has 1 amide bonds. The number of alkyl halides is 3. The minimum Gasteiger partial charge on any atom is -0.484 e. The molecule has 9 heteroatoms. The van der Waals surface area contributed by atoms with Gasteiger partial charge < -0.3 is 15.2 Å². The van der Waals surface area contributed by atoms with Crippen molar-refractivity contribution >= 4 is 23.6 Å². The summed E-state index contributed by atoms with van der Waals surface area (Å²) >= 11 is 1.62. The van der Waals surface area contributed by atoms with Crippen LogP contribution in [0.3, 0.4) is 0 Å². The van der Waals surface area contributed by atoms with Gasteiger partial charge in [0.2, 0.25) is 0 Å². The van der Waals surface area contributed by atoms with Crippen molar-refractivity contribution in [1.29, 1.82) is 0 Å². The third-order valence-electron chi connectivity index (χ3n) is 3.69. The van der Waals surface area contributed by atoms with E-state index in [0.29, 0.717) is 24.3 Å². The van der Waals surface area contributed by atoms with Gasteiger partial charge in [-0.25, -0.2) is 4.79 Å². The summed E-state index contributed by atoms with van der Waals surface area (Å²) in [5.41, 5.74) is -2.12. The van der Waals surface area contributed by atoms with E-state index in [9.17, 15) is 27.9 Å². The molecule has 132 valence electrons. The first kappa shape index (κ1) is 18.4. The number of carbonyl (C=O) groups excluding carboxylic acids is 1. The molecule has 24 heavy (non-hydrogen) atoms. The van der Waals surface area contributed by atoms with E-state index in [1.807, 2.05) is 0 Å². The molecule has 1 saturated heterocycles. The van der Waals surface area contributed by atoms with Crippen LogP contribution in [-0.4, -0.2) is 40.6 Å².